The molecular weight excluding hydrogens is 849 g/mol. The minimum Gasteiger partial charge on any atom is -0.507 e. The Kier molecular flexibility index (Phi) is 11.6. The Bertz CT molecular complexity index is 3110. The fourth-order valence-electron chi connectivity index (χ4n) is 5.43. The number of fused-ring (bicyclic) bond motifs is 1. The van der Waals surface area contributed by atoms with E-state index < -0.39 is 113 Å². The molecule has 0 spiro atoms. The lowest BCUT2D eigenvalue weighted by Crippen LogP contribution is -2.30. The molecule has 0 fully saturated rings. The zero-order chi connectivity index (χ0) is 43.9. The van der Waals surface area contributed by atoms with Crippen molar-refractivity contribution >= 4 is 81.2 Å². The van der Waals surface area contributed by atoms with Gasteiger partial charge in [-0.3, -0.25) is 27.8 Å². The molecule has 24 nitrogen and oxygen atoms in total. The van der Waals surface area contributed by atoms with Gasteiger partial charge in [0, 0.05) is 30.3 Å². The number of primary amides is 1. The minimum absolute atomic E-state index is 0.0813. The van der Waals surface area contributed by atoms with Gasteiger partial charge in [-0.2, -0.15) is 30.4 Å². The molecule has 0 bridgehead atoms. The van der Waals surface area contributed by atoms with Crippen molar-refractivity contribution in [3.8, 4) is 28.9 Å². The molecule has 310 valence electrons. The van der Waals surface area contributed by atoms with Gasteiger partial charge in [0.15, 0.2) is 5.75 Å². The number of aromatic nitrogens is 1. The van der Waals surface area contributed by atoms with Crippen LogP contribution in [-0.4, -0.2) is 76.9 Å². The average molecular weight is 877 g/mol. The molecule has 0 saturated heterocycles. The van der Waals surface area contributed by atoms with E-state index in [4.69, 9.17) is 10.5 Å². The Morgan fingerprint density at radius 1 is 0.729 bits per heavy atom. The highest BCUT2D eigenvalue weighted by Gasteiger charge is 2.26. The van der Waals surface area contributed by atoms with E-state index in [0.29, 0.717) is 18.2 Å². The number of nitrogens with two attached hydrogens (primary N) is 1. The Balaban J connectivity index is 1.53. The second-order valence-electron chi connectivity index (χ2n) is 11.9. The Hall–Kier alpha value is -6.91. The third-order valence-electron chi connectivity index (χ3n) is 8.18. The first-order valence-corrected chi connectivity index (χ1v) is 20.2. The maximum absolute atomic E-state index is 12.6. The second-order valence-corrected chi connectivity index (χ2v) is 16.1. The van der Waals surface area contributed by atoms with Crippen molar-refractivity contribution in [2.45, 2.75) is 35.1 Å². The first kappa shape index (κ1) is 43.2. The molecule has 0 aliphatic carbocycles. The van der Waals surface area contributed by atoms with Gasteiger partial charge in [-0.15, -0.1) is 25.6 Å². The fourth-order valence-corrected chi connectivity index (χ4v) is 7.27. The highest BCUT2D eigenvalue weighted by atomic mass is 32.2. The topological polar surface area (TPSA) is 393 Å². The molecule has 5 aromatic rings. The van der Waals surface area contributed by atoms with Crippen LogP contribution < -0.4 is 16.0 Å². The van der Waals surface area contributed by atoms with Gasteiger partial charge in [-0.05, 0) is 49.6 Å². The maximum atomic E-state index is 12.6. The molecule has 0 aliphatic rings. The first-order valence-electron chi connectivity index (χ1n) is 15.9. The number of aromatic hydroxyl groups is 4. The van der Waals surface area contributed by atoms with Crippen molar-refractivity contribution in [1.29, 1.82) is 0 Å². The summed E-state index contributed by atoms with van der Waals surface area (Å²) in [7, 11) is -14.1. The Labute approximate surface area is 331 Å². The Morgan fingerprint density at radius 3 is 1.92 bits per heavy atom. The first-order chi connectivity index (χ1) is 27.4. The van der Waals surface area contributed by atoms with Gasteiger partial charge in [0.1, 0.15) is 61.0 Å². The molecule has 1 amide bonds. The Morgan fingerprint density at radius 2 is 1.34 bits per heavy atom. The van der Waals surface area contributed by atoms with Crippen molar-refractivity contribution in [2.24, 2.45) is 36.4 Å². The normalized spacial score (nSPS) is 12.6. The number of rotatable bonds is 12. The van der Waals surface area contributed by atoms with E-state index in [9.17, 15) is 68.9 Å². The number of phenolic OH excluding ortho intramolecular Hbond substituents is 3. The van der Waals surface area contributed by atoms with Gasteiger partial charge in [0.05, 0.1) is 23.1 Å². The summed E-state index contributed by atoms with van der Waals surface area (Å²) in [5, 5.41) is 64.3. The van der Waals surface area contributed by atoms with Crippen LogP contribution in [0.5, 0.6) is 28.9 Å². The molecule has 0 unspecified atom stereocenters. The summed E-state index contributed by atoms with van der Waals surface area (Å²) >= 11 is 0. The summed E-state index contributed by atoms with van der Waals surface area (Å²) < 4.78 is 108. The summed E-state index contributed by atoms with van der Waals surface area (Å²) in [6, 6.07) is 6.73. The number of pyridine rings is 1. The number of nitrogens with zero attached hydrogens (tertiary/aromatic N) is 7. The molecule has 0 saturated carbocycles. The molecule has 5 rings (SSSR count). The van der Waals surface area contributed by atoms with Crippen LogP contribution in [0.3, 0.4) is 0 Å². The number of hydrogen-bond donors (Lipinski definition) is 8. The van der Waals surface area contributed by atoms with Crippen LogP contribution in [0.2, 0.25) is 0 Å². The molecule has 27 heteroatoms. The van der Waals surface area contributed by atoms with Gasteiger partial charge in [-0.1, -0.05) is 0 Å². The van der Waals surface area contributed by atoms with Gasteiger partial charge < -0.3 is 30.9 Å². The molecule has 1 heterocycles. The van der Waals surface area contributed by atoms with Crippen LogP contribution in [0.4, 0.5) is 34.1 Å². The standard InChI is InChI=1S/C32H28N8O16S3/c1-4-40-31(45)25(30(33)44)13(2)27(32(40)46)38-34-15-5-6-17(23(9-15)58(50,51)52)35-37-19-11-20(41)18(12-22(19)56-3)36-39-28-24(59(53,54)55)8-14-7-16(57(47,48)49)10-21(42)26(14)29(28)43/h5-12,41-43,46H,4H2,1-3H3,(H2,33,44)(H,47,48,49)(H,50,51,52)(H,53,54,55)/b37-35+,38-34+,39-36+. The summed E-state index contributed by atoms with van der Waals surface area (Å²) in [4.78, 5) is 21.7. The summed E-state index contributed by atoms with van der Waals surface area (Å²) in [6.45, 7) is 2.70. The molecule has 1 aromatic heterocycles. The molecular formula is C32H28N8O16S3. The molecule has 9 N–H and O–H groups in total. The lowest BCUT2D eigenvalue weighted by molar-refractivity contribution is 0.0997. The number of carbonyl (C=O) groups is 1. The van der Waals surface area contributed by atoms with Crippen LogP contribution in [0.15, 0.2) is 98.7 Å². The van der Waals surface area contributed by atoms with Crippen molar-refractivity contribution in [1.82, 2.24) is 4.57 Å². The fraction of sp³-hybridized carbons (Fsp3) is 0.125. The molecule has 0 radical (unpaired) electrons. The molecule has 0 atom stereocenters. The summed E-state index contributed by atoms with van der Waals surface area (Å²) in [5.74, 6) is -4.82. The number of benzene rings is 4. The third-order valence-corrected chi connectivity index (χ3v) is 10.8. The largest absolute Gasteiger partial charge is 0.507 e. The monoisotopic (exact) mass is 876 g/mol. The second kappa shape index (κ2) is 15.8. The average Bonchev–Trinajstić information content (AvgIpc) is 3.12. The van der Waals surface area contributed by atoms with Gasteiger partial charge in [0.2, 0.25) is 5.88 Å². The predicted octanol–water partition coefficient (Wildman–Crippen LogP) is 5.25. The lowest BCUT2D eigenvalue weighted by atomic mass is 10.1. The summed E-state index contributed by atoms with van der Waals surface area (Å²) in [6.07, 6.45) is 0. The smallest absolute Gasteiger partial charge is 0.296 e. The van der Waals surface area contributed by atoms with Crippen molar-refractivity contribution < 1.29 is 68.9 Å². The van der Waals surface area contributed by atoms with E-state index >= 15 is 0 Å². The number of carbonyl (C=O) groups excluding carboxylic acids is 1. The SMILES string of the molecule is CCn1c(O)c(/N=N/c2ccc(/N=N/c3cc(O)c(/N=N/c4c(S(=O)(=O)O)cc5cc(S(=O)(=O)O)cc(O)c5c4O)cc3OC)c(S(=O)(=O)O)c2)c(C)c(C(N)=O)c1=O. The van der Waals surface area contributed by atoms with E-state index in [1.54, 1.807) is 0 Å². The minimum atomic E-state index is -5.25. The van der Waals surface area contributed by atoms with Crippen LogP contribution in [-0.2, 0) is 36.9 Å². The molecule has 4 aromatic carbocycles. The quantitative estimate of drug-likeness (QED) is 0.0586. The number of azo groups is 3. The third kappa shape index (κ3) is 8.68. The highest BCUT2D eigenvalue weighted by molar-refractivity contribution is 7.86. The van der Waals surface area contributed by atoms with Crippen LogP contribution >= 0.6 is 0 Å². The van der Waals surface area contributed by atoms with Crippen LogP contribution in [0, 0.1) is 6.92 Å². The highest BCUT2D eigenvalue weighted by Crippen LogP contribution is 2.47. The maximum Gasteiger partial charge on any atom is 0.296 e. The van der Waals surface area contributed by atoms with Crippen molar-refractivity contribution in [3.05, 3.63) is 70.0 Å². The molecule has 59 heavy (non-hydrogen) atoms. The van der Waals surface area contributed by atoms with Gasteiger partial charge in [0.25, 0.3) is 41.8 Å². The van der Waals surface area contributed by atoms with Gasteiger partial charge in [-0.25, -0.2) is 0 Å². The zero-order valence-corrected chi connectivity index (χ0v) is 32.5. The van der Waals surface area contributed by atoms with Gasteiger partial charge >= 0.3 is 0 Å². The number of phenols is 3. The van der Waals surface area contributed by atoms with E-state index in [2.05, 4.69) is 30.7 Å². The lowest BCUT2D eigenvalue weighted by Gasteiger charge is -2.12. The van der Waals surface area contributed by atoms with E-state index in [0.717, 1.165) is 42.0 Å². The number of amides is 1. The van der Waals surface area contributed by atoms with Crippen LogP contribution in [0.25, 0.3) is 10.8 Å². The van der Waals surface area contributed by atoms with Crippen LogP contribution in [0.1, 0.15) is 22.8 Å². The predicted molar refractivity (Wildman–Crippen MR) is 202 cm³/mol. The number of ether oxygens (including phenoxy) is 1. The van der Waals surface area contributed by atoms with E-state index in [1.807, 2.05) is 0 Å². The summed E-state index contributed by atoms with van der Waals surface area (Å²) in [5.41, 5.74) is 1.06. The zero-order valence-electron chi connectivity index (χ0n) is 30.1. The van der Waals surface area contributed by atoms with Crippen molar-refractivity contribution in [3.63, 3.8) is 0 Å². The van der Waals surface area contributed by atoms with Crippen molar-refractivity contribution in [2.75, 3.05) is 7.11 Å². The molecule has 0 aliphatic heterocycles. The van der Waals surface area contributed by atoms with E-state index in [-0.39, 0.29) is 34.9 Å². The number of hydrogen-bond acceptors (Lipinski definition) is 19. The number of methoxy groups -OCH3 is 1. The van der Waals surface area contributed by atoms with E-state index in [1.165, 1.54) is 13.8 Å².